The Hall–Kier alpha value is -3.18. The summed E-state index contributed by atoms with van der Waals surface area (Å²) in [6, 6.07) is 7.79. The van der Waals surface area contributed by atoms with E-state index in [1.165, 1.54) is 25.3 Å². The third-order valence-electron chi connectivity index (χ3n) is 4.43. The quantitative estimate of drug-likeness (QED) is 0.460. The van der Waals surface area contributed by atoms with Gasteiger partial charge in [0, 0.05) is 37.4 Å². The summed E-state index contributed by atoms with van der Waals surface area (Å²) in [7, 11) is -3.35. The molecular formula is C20H23N3O7S. The number of anilines is 1. The first kappa shape index (κ1) is 22.5. The Morgan fingerprint density at radius 2 is 2.00 bits per heavy atom. The van der Waals surface area contributed by atoms with Gasteiger partial charge < -0.3 is 19.3 Å². The molecule has 0 saturated carbocycles. The molecule has 1 aromatic heterocycles. The van der Waals surface area contributed by atoms with Gasteiger partial charge >= 0.3 is 5.97 Å². The summed E-state index contributed by atoms with van der Waals surface area (Å²) in [6.07, 6.45) is 3.70. The van der Waals surface area contributed by atoms with Crippen molar-refractivity contribution < 1.29 is 32.5 Å². The number of aromatic nitrogens is 1. The first-order valence-electron chi connectivity index (χ1n) is 9.48. The van der Waals surface area contributed by atoms with Gasteiger partial charge in [-0.2, -0.15) is 5.10 Å². The standard InChI is InChI=1S/C20H23N3O7S/c1-13(20(24)25)22-23-17-5-3-15(11-18(17)29-14-7-9-28-10-8-14)30-19-6-4-16(12-21-19)31(2,26)27/h3-6,11-12,14,23H,7-10H2,1-2H3,(H,24,25). The molecule has 0 aliphatic carbocycles. The molecule has 0 amide bonds. The third kappa shape index (κ3) is 6.40. The minimum absolute atomic E-state index is 0.0683. The van der Waals surface area contributed by atoms with Crippen molar-refractivity contribution in [3.05, 3.63) is 36.5 Å². The number of nitrogens with zero attached hydrogens (tertiary/aromatic N) is 2. The second-order valence-electron chi connectivity index (χ2n) is 6.91. The number of carbonyl (C=O) groups is 1. The van der Waals surface area contributed by atoms with Crippen molar-refractivity contribution in [2.45, 2.75) is 30.8 Å². The second-order valence-corrected chi connectivity index (χ2v) is 8.92. The summed E-state index contributed by atoms with van der Waals surface area (Å²) in [5.74, 6) is -0.0851. The number of nitrogens with one attached hydrogen (secondary N) is 1. The van der Waals surface area contributed by atoms with Gasteiger partial charge in [0.05, 0.1) is 23.8 Å². The summed E-state index contributed by atoms with van der Waals surface area (Å²) in [5.41, 5.74) is 3.08. The fourth-order valence-electron chi connectivity index (χ4n) is 2.69. The van der Waals surface area contributed by atoms with Crippen molar-refractivity contribution in [1.82, 2.24) is 4.98 Å². The Morgan fingerprint density at radius 3 is 2.61 bits per heavy atom. The number of hydrazone groups is 1. The maximum Gasteiger partial charge on any atom is 0.351 e. The minimum atomic E-state index is -3.35. The van der Waals surface area contributed by atoms with Crippen LogP contribution in [-0.4, -0.2) is 55.8 Å². The zero-order chi connectivity index (χ0) is 22.4. The van der Waals surface area contributed by atoms with Gasteiger partial charge in [-0.05, 0) is 25.1 Å². The molecule has 10 nitrogen and oxygen atoms in total. The highest BCUT2D eigenvalue weighted by Crippen LogP contribution is 2.33. The number of sulfone groups is 1. The van der Waals surface area contributed by atoms with Crippen molar-refractivity contribution in [3.63, 3.8) is 0 Å². The molecule has 1 fully saturated rings. The topological polar surface area (TPSA) is 136 Å². The number of aliphatic carboxylic acids is 1. The molecule has 0 atom stereocenters. The molecule has 0 spiro atoms. The SMILES string of the molecule is CC(=NNc1ccc(Oc2ccc(S(C)(=O)=O)cn2)cc1OC1CCOCC1)C(=O)O. The highest BCUT2D eigenvalue weighted by molar-refractivity contribution is 7.90. The normalized spacial score (nSPS) is 15.4. The first-order valence-corrected chi connectivity index (χ1v) is 11.4. The van der Waals surface area contributed by atoms with E-state index >= 15 is 0 Å². The Morgan fingerprint density at radius 1 is 1.26 bits per heavy atom. The van der Waals surface area contributed by atoms with Crippen molar-refractivity contribution in [1.29, 1.82) is 0 Å². The molecule has 2 aromatic rings. The lowest BCUT2D eigenvalue weighted by atomic mass is 10.1. The molecule has 11 heteroatoms. The molecule has 0 radical (unpaired) electrons. The van der Waals surface area contributed by atoms with E-state index in [1.807, 2.05) is 0 Å². The molecule has 1 aliphatic heterocycles. The fraction of sp³-hybridized carbons (Fsp3) is 0.350. The van der Waals surface area contributed by atoms with Crippen LogP contribution in [0.4, 0.5) is 5.69 Å². The number of hydrogen-bond donors (Lipinski definition) is 2. The maximum atomic E-state index is 11.6. The summed E-state index contributed by atoms with van der Waals surface area (Å²) in [4.78, 5) is 15.1. The monoisotopic (exact) mass is 449 g/mol. The van der Waals surface area contributed by atoms with Crippen LogP contribution in [0, 0.1) is 0 Å². The third-order valence-corrected chi connectivity index (χ3v) is 5.53. The van der Waals surface area contributed by atoms with Gasteiger partial charge in [-0.3, -0.25) is 5.43 Å². The molecule has 1 aromatic carbocycles. The van der Waals surface area contributed by atoms with Gasteiger partial charge in [-0.15, -0.1) is 0 Å². The van der Waals surface area contributed by atoms with Crippen molar-refractivity contribution >= 4 is 27.2 Å². The van der Waals surface area contributed by atoms with Crippen LogP contribution in [0.3, 0.4) is 0 Å². The summed E-state index contributed by atoms with van der Waals surface area (Å²) >= 11 is 0. The van der Waals surface area contributed by atoms with Crippen LogP contribution < -0.4 is 14.9 Å². The number of ether oxygens (including phenoxy) is 3. The van der Waals surface area contributed by atoms with Crippen molar-refractivity contribution in [2.75, 3.05) is 24.9 Å². The van der Waals surface area contributed by atoms with Crippen LogP contribution in [0.5, 0.6) is 17.4 Å². The van der Waals surface area contributed by atoms with Crippen LogP contribution in [0.1, 0.15) is 19.8 Å². The van der Waals surface area contributed by atoms with Gasteiger partial charge in [-0.25, -0.2) is 18.2 Å². The Bertz CT molecular complexity index is 1060. The van der Waals surface area contributed by atoms with E-state index in [0.29, 0.717) is 30.4 Å². The number of rotatable bonds is 8. The molecule has 166 valence electrons. The first-order chi connectivity index (χ1) is 14.7. The number of carboxylic acid groups (broad SMARTS) is 1. The molecule has 3 rings (SSSR count). The van der Waals surface area contributed by atoms with Crippen LogP contribution in [-0.2, 0) is 19.4 Å². The summed E-state index contributed by atoms with van der Waals surface area (Å²) < 4.78 is 40.3. The molecule has 1 saturated heterocycles. The zero-order valence-corrected chi connectivity index (χ0v) is 17.9. The molecule has 0 unspecified atom stereocenters. The van der Waals surface area contributed by atoms with Crippen molar-refractivity contribution in [2.24, 2.45) is 5.10 Å². The molecular weight excluding hydrogens is 426 g/mol. The van der Waals surface area contributed by atoms with Gasteiger partial charge in [0.1, 0.15) is 23.3 Å². The zero-order valence-electron chi connectivity index (χ0n) is 17.1. The number of hydrogen-bond acceptors (Lipinski definition) is 9. The number of benzene rings is 1. The van der Waals surface area contributed by atoms with Gasteiger partial charge in [-0.1, -0.05) is 0 Å². The molecule has 2 heterocycles. The smallest absolute Gasteiger partial charge is 0.351 e. The highest BCUT2D eigenvalue weighted by Gasteiger charge is 2.18. The second kappa shape index (κ2) is 9.75. The van der Waals surface area contributed by atoms with Gasteiger partial charge in [0.2, 0.25) is 5.88 Å². The van der Waals surface area contributed by atoms with E-state index in [-0.39, 0.29) is 22.6 Å². The van der Waals surface area contributed by atoms with E-state index in [4.69, 9.17) is 19.3 Å². The lowest BCUT2D eigenvalue weighted by Crippen LogP contribution is -2.26. The predicted octanol–water partition coefficient (Wildman–Crippen LogP) is 2.71. The Labute approximate surface area is 179 Å². The van der Waals surface area contributed by atoms with Gasteiger partial charge in [0.15, 0.2) is 9.84 Å². The van der Waals surface area contributed by atoms with E-state index in [9.17, 15) is 13.2 Å². The molecule has 1 aliphatic rings. The molecule has 0 bridgehead atoms. The van der Waals surface area contributed by atoms with Gasteiger partial charge in [0.25, 0.3) is 0 Å². The van der Waals surface area contributed by atoms with Crippen LogP contribution in [0.25, 0.3) is 0 Å². The van der Waals surface area contributed by atoms with E-state index in [1.54, 1.807) is 18.2 Å². The van der Waals surface area contributed by atoms with Crippen LogP contribution in [0.2, 0.25) is 0 Å². The lowest BCUT2D eigenvalue weighted by Gasteiger charge is -2.24. The van der Waals surface area contributed by atoms with Crippen LogP contribution in [0.15, 0.2) is 46.5 Å². The molecule has 31 heavy (non-hydrogen) atoms. The Balaban J connectivity index is 1.83. The number of pyridine rings is 1. The van der Waals surface area contributed by atoms with E-state index in [2.05, 4.69) is 15.5 Å². The predicted molar refractivity (Wildman–Crippen MR) is 113 cm³/mol. The maximum absolute atomic E-state index is 11.6. The number of carboxylic acids is 1. The summed E-state index contributed by atoms with van der Waals surface area (Å²) in [5, 5.41) is 12.8. The summed E-state index contributed by atoms with van der Waals surface area (Å²) in [6.45, 7) is 2.56. The van der Waals surface area contributed by atoms with E-state index < -0.39 is 15.8 Å². The van der Waals surface area contributed by atoms with E-state index in [0.717, 1.165) is 19.1 Å². The molecule has 2 N–H and O–H groups in total. The minimum Gasteiger partial charge on any atom is -0.488 e. The average Bonchev–Trinajstić information content (AvgIpc) is 2.73. The van der Waals surface area contributed by atoms with Crippen LogP contribution >= 0.6 is 0 Å². The fourth-order valence-corrected chi connectivity index (χ4v) is 3.25. The Kier molecular flexibility index (Phi) is 7.08. The lowest BCUT2D eigenvalue weighted by molar-refractivity contribution is -0.129. The highest BCUT2D eigenvalue weighted by atomic mass is 32.2. The van der Waals surface area contributed by atoms with Crippen molar-refractivity contribution in [3.8, 4) is 17.4 Å². The largest absolute Gasteiger partial charge is 0.488 e. The average molecular weight is 449 g/mol.